The quantitative estimate of drug-likeness (QED) is 0.179. The molecular weight excluding hydrogens is 570 g/mol. The Morgan fingerprint density at radius 2 is 1.30 bits per heavy atom. The molecule has 0 aliphatic rings. The van der Waals surface area contributed by atoms with Crippen LogP contribution in [0.2, 0.25) is 0 Å². The number of alkyl carbamates (subject to hydrolysis) is 1. The molecule has 0 radical (unpaired) electrons. The van der Waals surface area contributed by atoms with Gasteiger partial charge in [0, 0.05) is 0 Å². The van der Waals surface area contributed by atoms with Crippen molar-refractivity contribution in [3.05, 3.63) is 102 Å². The first-order chi connectivity index (χ1) is 21.0. The third-order valence-corrected chi connectivity index (χ3v) is 6.01. The summed E-state index contributed by atoms with van der Waals surface area (Å²) in [6, 6.07) is 21.1. The summed E-state index contributed by atoms with van der Waals surface area (Å²) in [7, 11) is 2.59. The van der Waals surface area contributed by atoms with Crippen molar-refractivity contribution in [3.63, 3.8) is 0 Å². The predicted molar refractivity (Wildman–Crippen MR) is 159 cm³/mol. The van der Waals surface area contributed by atoms with E-state index in [1.165, 1.54) is 7.11 Å². The minimum atomic E-state index is -1.69. The second kappa shape index (κ2) is 15.8. The molecule has 0 unspecified atom stereocenters. The van der Waals surface area contributed by atoms with Crippen molar-refractivity contribution in [1.29, 1.82) is 0 Å². The molecule has 2 atom stereocenters. The van der Waals surface area contributed by atoms with E-state index >= 15 is 0 Å². The smallest absolute Gasteiger partial charge is 0.430 e. The van der Waals surface area contributed by atoms with E-state index in [9.17, 15) is 19.2 Å². The number of esters is 1. The summed E-state index contributed by atoms with van der Waals surface area (Å²) in [5.41, 5.74) is 3.12. The first-order valence-corrected chi connectivity index (χ1v) is 13.7. The number of ether oxygens (including phenoxy) is 5. The van der Waals surface area contributed by atoms with Gasteiger partial charge in [-0.05, 0) is 49.6 Å². The molecular formula is C32H37N3O9. The fourth-order valence-corrected chi connectivity index (χ4v) is 3.97. The minimum Gasteiger partial charge on any atom is -0.497 e. The van der Waals surface area contributed by atoms with E-state index in [1.807, 2.05) is 6.07 Å². The van der Waals surface area contributed by atoms with Gasteiger partial charge in [0.1, 0.15) is 24.6 Å². The molecule has 0 saturated heterocycles. The van der Waals surface area contributed by atoms with E-state index < -0.39 is 41.9 Å². The Balaban J connectivity index is 2.01. The maximum Gasteiger partial charge on any atom is 0.430 e. The van der Waals surface area contributed by atoms with Crippen LogP contribution in [0.25, 0.3) is 0 Å². The Kier molecular flexibility index (Phi) is 12.0. The van der Waals surface area contributed by atoms with Crippen LogP contribution < -0.4 is 15.5 Å². The van der Waals surface area contributed by atoms with Gasteiger partial charge in [-0.3, -0.25) is 0 Å². The molecule has 0 aliphatic heterocycles. The molecule has 3 rings (SSSR count). The monoisotopic (exact) mass is 607 g/mol. The normalized spacial score (nSPS) is 12.1. The highest BCUT2D eigenvalue weighted by Crippen LogP contribution is 2.26. The molecule has 0 fully saturated rings. The zero-order valence-corrected chi connectivity index (χ0v) is 25.3. The molecule has 234 valence electrons. The van der Waals surface area contributed by atoms with E-state index in [2.05, 4.69) is 10.7 Å². The lowest BCUT2D eigenvalue weighted by atomic mass is 9.98. The molecule has 3 aromatic rings. The number of hydrogen-bond acceptors (Lipinski definition) is 9. The molecule has 0 spiro atoms. The molecule has 44 heavy (non-hydrogen) atoms. The van der Waals surface area contributed by atoms with Gasteiger partial charge in [-0.15, -0.1) is 0 Å². The van der Waals surface area contributed by atoms with Crippen LogP contribution in [0.3, 0.4) is 0 Å². The van der Waals surface area contributed by atoms with E-state index in [4.69, 9.17) is 23.7 Å². The van der Waals surface area contributed by atoms with Crippen LogP contribution in [-0.2, 0) is 37.0 Å². The number of carbonyl (C=O) groups is 4. The Labute approximate surface area is 256 Å². The summed E-state index contributed by atoms with van der Waals surface area (Å²) in [5, 5.41) is 3.27. The van der Waals surface area contributed by atoms with Crippen LogP contribution in [-0.4, -0.2) is 55.1 Å². The molecule has 12 nitrogen and oxygen atoms in total. The Hall–Kier alpha value is -5.26. The van der Waals surface area contributed by atoms with Crippen LogP contribution in [0, 0.1) is 0 Å². The van der Waals surface area contributed by atoms with Crippen molar-refractivity contribution < 1.29 is 42.9 Å². The zero-order chi connectivity index (χ0) is 32.1. The molecule has 0 heterocycles. The van der Waals surface area contributed by atoms with E-state index in [1.54, 1.807) is 99.6 Å². The number of nitrogens with zero attached hydrogens (tertiary/aromatic N) is 1. The van der Waals surface area contributed by atoms with E-state index in [-0.39, 0.29) is 13.2 Å². The number of amides is 3. The fraction of sp³-hybridized carbons (Fsp3) is 0.312. The molecule has 3 amide bonds. The minimum absolute atomic E-state index is 0.124. The maximum atomic E-state index is 13.6. The molecule has 12 heteroatoms. The topological polar surface area (TPSA) is 142 Å². The number of benzene rings is 3. The highest BCUT2D eigenvalue weighted by Gasteiger charge is 2.42. The predicted octanol–water partition coefficient (Wildman–Crippen LogP) is 5.28. The number of nitrogens with one attached hydrogen (secondary N) is 2. The first kappa shape index (κ1) is 33.2. The van der Waals surface area contributed by atoms with Crippen molar-refractivity contribution >= 4 is 24.2 Å². The number of methoxy groups -OCH3 is 2. The lowest BCUT2D eigenvalue weighted by molar-refractivity contribution is -0.148. The van der Waals surface area contributed by atoms with Crippen molar-refractivity contribution in [2.45, 2.75) is 51.7 Å². The molecule has 0 saturated carbocycles. The van der Waals surface area contributed by atoms with Crippen LogP contribution in [0.1, 0.15) is 43.5 Å². The van der Waals surface area contributed by atoms with Gasteiger partial charge in [-0.25, -0.2) is 24.6 Å². The average molecular weight is 608 g/mol. The highest BCUT2D eigenvalue weighted by molar-refractivity contribution is 5.85. The summed E-state index contributed by atoms with van der Waals surface area (Å²) < 4.78 is 26.5. The third-order valence-electron chi connectivity index (χ3n) is 6.01. The van der Waals surface area contributed by atoms with Gasteiger partial charge in [0.2, 0.25) is 0 Å². The van der Waals surface area contributed by atoms with Crippen molar-refractivity contribution in [2.24, 2.45) is 0 Å². The number of hydrogen-bond donors (Lipinski definition) is 2. The summed E-state index contributed by atoms with van der Waals surface area (Å²) in [6.45, 7) is 4.71. The fourth-order valence-electron chi connectivity index (χ4n) is 3.97. The zero-order valence-electron chi connectivity index (χ0n) is 25.3. The first-order valence-electron chi connectivity index (χ1n) is 13.7. The van der Waals surface area contributed by atoms with Gasteiger partial charge in [0.05, 0.1) is 20.3 Å². The molecule has 3 aromatic carbocycles. The van der Waals surface area contributed by atoms with E-state index in [0.717, 1.165) is 7.11 Å². The van der Waals surface area contributed by atoms with Crippen LogP contribution in [0.4, 0.5) is 14.4 Å². The Morgan fingerprint density at radius 1 is 0.750 bits per heavy atom. The Bertz CT molecular complexity index is 1380. The van der Waals surface area contributed by atoms with Crippen LogP contribution in [0.5, 0.6) is 5.75 Å². The van der Waals surface area contributed by atoms with E-state index in [0.29, 0.717) is 27.4 Å². The summed E-state index contributed by atoms with van der Waals surface area (Å²) in [4.78, 5) is 53.0. The van der Waals surface area contributed by atoms with Gasteiger partial charge in [0.15, 0.2) is 6.04 Å². The largest absolute Gasteiger partial charge is 0.497 e. The molecule has 0 aliphatic carbocycles. The van der Waals surface area contributed by atoms with Crippen molar-refractivity contribution in [3.8, 4) is 5.75 Å². The van der Waals surface area contributed by atoms with Crippen molar-refractivity contribution in [2.75, 3.05) is 14.2 Å². The standard InChI is InChI=1S/C32H37N3O9/c1-32(2,3)44-29(37)33-26(24-16-18-25(40-4)19-17-24)27(28(36)41-5)35(31(39)43-21-23-14-10-7-11-15-23)34-30(38)42-20-22-12-8-6-9-13-22/h6-19,26-27H,20-21H2,1-5H3,(H,33,37)(H,34,38)/t26-,27+/m1/s1. The van der Waals surface area contributed by atoms with Gasteiger partial charge in [-0.1, -0.05) is 72.8 Å². The lowest BCUT2D eigenvalue weighted by Gasteiger charge is -2.35. The second-order valence-electron chi connectivity index (χ2n) is 10.4. The summed E-state index contributed by atoms with van der Waals surface area (Å²) in [6.07, 6.45) is -3.08. The molecule has 0 bridgehead atoms. The van der Waals surface area contributed by atoms with Gasteiger partial charge in [-0.2, -0.15) is 5.01 Å². The summed E-state index contributed by atoms with van der Waals surface area (Å²) in [5.74, 6) is -0.483. The number of hydrazine groups is 1. The maximum absolute atomic E-state index is 13.6. The van der Waals surface area contributed by atoms with Gasteiger partial charge < -0.3 is 29.0 Å². The lowest BCUT2D eigenvalue weighted by Crippen LogP contribution is -2.60. The molecule has 2 N–H and O–H groups in total. The average Bonchev–Trinajstić information content (AvgIpc) is 3.01. The van der Waals surface area contributed by atoms with Crippen LogP contribution >= 0.6 is 0 Å². The van der Waals surface area contributed by atoms with Gasteiger partial charge in [0.25, 0.3) is 0 Å². The second-order valence-corrected chi connectivity index (χ2v) is 10.4. The summed E-state index contributed by atoms with van der Waals surface area (Å²) >= 11 is 0. The number of carbonyl (C=O) groups excluding carboxylic acids is 4. The third kappa shape index (κ3) is 10.2. The highest BCUT2D eigenvalue weighted by atomic mass is 16.6. The van der Waals surface area contributed by atoms with Gasteiger partial charge >= 0.3 is 24.2 Å². The molecule has 0 aromatic heterocycles. The SMILES string of the molecule is COC(=O)[C@H]([C@H](NC(=O)OC(C)(C)C)c1ccc(OC)cc1)N(NC(=O)OCc1ccccc1)C(=O)OCc1ccccc1. The number of rotatable bonds is 10. The van der Waals surface area contributed by atoms with Crippen molar-refractivity contribution in [1.82, 2.24) is 15.8 Å². The Morgan fingerprint density at radius 3 is 1.80 bits per heavy atom. The van der Waals surface area contributed by atoms with Crippen LogP contribution in [0.15, 0.2) is 84.9 Å².